The number of aryl methyl sites for hydroxylation is 1. The van der Waals surface area contributed by atoms with Gasteiger partial charge >= 0.3 is 0 Å². The molecule has 0 aromatic heterocycles. The lowest BCUT2D eigenvalue weighted by Gasteiger charge is -2.19. The van der Waals surface area contributed by atoms with E-state index in [1.54, 1.807) is 6.92 Å². The second-order valence-corrected chi connectivity index (χ2v) is 5.21. The van der Waals surface area contributed by atoms with Gasteiger partial charge in [0.25, 0.3) is 0 Å². The van der Waals surface area contributed by atoms with Crippen molar-refractivity contribution < 1.29 is 4.39 Å². The van der Waals surface area contributed by atoms with Gasteiger partial charge in [-0.2, -0.15) is 0 Å². The lowest BCUT2D eigenvalue weighted by Crippen LogP contribution is -2.11. The number of unbranched alkanes of at least 4 members (excludes halogenated alkanes) is 1. The molecule has 0 N–H and O–H groups in total. The first kappa shape index (κ1) is 15.2. The van der Waals surface area contributed by atoms with Crippen molar-refractivity contribution in [3.05, 3.63) is 35.1 Å². The number of hydrogen-bond donors (Lipinski definition) is 0. The molecule has 0 spiro atoms. The highest BCUT2D eigenvalue weighted by molar-refractivity contribution is 5.28. The van der Waals surface area contributed by atoms with E-state index in [0.717, 1.165) is 5.56 Å². The third-order valence-electron chi connectivity index (χ3n) is 2.52. The minimum atomic E-state index is -0.122. The smallest absolute Gasteiger partial charge is 0.126 e. The molecular weight excluding hydrogens is 199 g/mol. The first-order chi connectivity index (χ1) is 7.32. The van der Waals surface area contributed by atoms with Crippen molar-refractivity contribution in [3.63, 3.8) is 0 Å². The summed E-state index contributed by atoms with van der Waals surface area (Å²) in [5.41, 5.74) is 2.02. The molecule has 1 rings (SSSR count). The lowest BCUT2D eigenvalue weighted by atomic mass is 9.86. The molecule has 0 aliphatic carbocycles. The molecule has 0 heterocycles. The minimum absolute atomic E-state index is 0.110. The average molecular weight is 224 g/mol. The molecule has 0 nitrogen and oxygen atoms in total. The lowest BCUT2D eigenvalue weighted by molar-refractivity contribution is 0.579. The largest absolute Gasteiger partial charge is 0.207 e. The Morgan fingerprint density at radius 2 is 1.56 bits per heavy atom. The summed E-state index contributed by atoms with van der Waals surface area (Å²) in [4.78, 5) is 0. The summed E-state index contributed by atoms with van der Waals surface area (Å²) in [6.07, 6.45) is 2.64. The Kier molecular flexibility index (Phi) is 6.32. The van der Waals surface area contributed by atoms with E-state index in [9.17, 15) is 4.39 Å². The summed E-state index contributed by atoms with van der Waals surface area (Å²) >= 11 is 0. The second-order valence-electron chi connectivity index (χ2n) is 5.21. The topological polar surface area (TPSA) is 0 Å². The van der Waals surface area contributed by atoms with E-state index in [-0.39, 0.29) is 11.2 Å². The maximum atomic E-state index is 12.9. The van der Waals surface area contributed by atoms with Gasteiger partial charge in [0.1, 0.15) is 5.82 Å². The number of benzene rings is 1. The molecule has 0 radical (unpaired) electrons. The molecule has 0 saturated heterocycles. The molecule has 0 fully saturated rings. The van der Waals surface area contributed by atoms with Crippen LogP contribution in [0.5, 0.6) is 0 Å². The molecule has 16 heavy (non-hydrogen) atoms. The number of hydrogen-bond acceptors (Lipinski definition) is 0. The Bertz CT molecular complexity index is 306. The highest BCUT2D eigenvalue weighted by Gasteiger charge is 2.13. The quantitative estimate of drug-likeness (QED) is 0.612. The van der Waals surface area contributed by atoms with Crippen LogP contribution in [0.15, 0.2) is 18.2 Å². The van der Waals surface area contributed by atoms with E-state index in [1.807, 2.05) is 12.1 Å². The summed E-state index contributed by atoms with van der Waals surface area (Å²) in [6.45, 7) is 12.5. The molecule has 0 atom stereocenters. The molecule has 0 bridgehead atoms. The molecule has 0 aliphatic rings. The Morgan fingerprint density at radius 3 is 1.88 bits per heavy atom. The molecule has 1 heteroatoms. The third-order valence-corrected chi connectivity index (χ3v) is 2.52. The predicted molar refractivity (Wildman–Crippen MR) is 70.4 cm³/mol. The Labute approximate surface area is 99.9 Å². The van der Waals surface area contributed by atoms with E-state index in [2.05, 4.69) is 34.6 Å². The van der Waals surface area contributed by atoms with Gasteiger partial charge in [0, 0.05) is 0 Å². The van der Waals surface area contributed by atoms with Crippen molar-refractivity contribution in [1.29, 1.82) is 0 Å². The van der Waals surface area contributed by atoms with Crippen LogP contribution in [0.2, 0.25) is 0 Å². The van der Waals surface area contributed by atoms with Crippen LogP contribution >= 0.6 is 0 Å². The normalized spacial score (nSPS) is 10.7. The van der Waals surface area contributed by atoms with Crippen LogP contribution in [0.1, 0.15) is 58.6 Å². The van der Waals surface area contributed by atoms with Gasteiger partial charge in [-0.25, -0.2) is 4.39 Å². The summed E-state index contributed by atoms with van der Waals surface area (Å²) in [6, 6.07) is 5.30. The van der Waals surface area contributed by atoms with Gasteiger partial charge in [-0.1, -0.05) is 59.6 Å². The van der Waals surface area contributed by atoms with Gasteiger partial charge in [0.15, 0.2) is 0 Å². The zero-order valence-corrected chi connectivity index (χ0v) is 11.5. The van der Waals surface area contributed by atoms with Crippen molar-refractivity contribution in [2.24, 2.45) is 0 Å². The highest BCUT2D eigenvalue weighted by Crippen LogP contribution is 2.23. The zero-order chi connectivity index (χ0) is 12.8. The van der Waals surface area contributed by atoms with Crippen molar-refractivity contribution in [2.45, 2.75) is 59.8 Å². The Morgan fingerprint density at radius 1 is 1.06 bits per heavy atom. The maximum absolute atomic E-state index is 12.9. The average Bonchev–Trinajstić information content (AvgIpc) is 2.21. The molecule has 92 valence electrons. The SMILES string of the molecule is CCCC.Cc1cc(C(C)(C)C)ccc1F. The first-order valence-electron chi connectivity index (χ1n) is 6.09. The summed E-state index contributed by atoms with van der Waals surface area (Å²) in [5.74, 6) is -0.122. The Balaban J connectivity index is 0.000000487. The van der Waals surface area contributed by atoms with Gasteiger partial charge in [0.2, 0.25) is 0 Å². The molecular formula is C15H25F. The van der Waals surface area contributed by atoms with Crippen LogP contribution in [-0.4, -0.2) is 0 Å². The van der Waals surface area contributed by atoms with Gasteiger partial charge in [-0.3, -0.25) is 0 Å². The highest BCUT2D eigenvalue weighted by atomic mass is 19.1. The summed E-state index contributed by atoms with van der Waals surface area (Å²) < 4.78 is 12.9. The zero-order valence-electron chi connectivity index (χ0n) is 11.5. The number of rotatable bonds is 1. The van der Waals surface area contributed by atoms with Crippen LogP contribution < -0.4 is 0 Å². The van der Waals surface area contributed by atoms with E-state index in [0.29, 0.717) is 0 Å². The Hall–Kier alpha value is -0.850. The van der Waals surface area contributed by atoms with E-state index < -0.39 is 0 Å². The predicted octanol–water partition coefficient (Wildman–Crippen LogP) is 5.24. The van der Waals surface area contributed by atoms with Crippen molar-refractivity contribution in [3.8, 4) is 0 Å². The van der Waals surface area contributed by atoms with Crippen molar-refractivity contribution in [2.75, 3.05) is 0 Å². The van der Waals surface area contributed by atoms with Crippen LogP contribution in [-0.2, 0) is 5.41 Å². The minimum Gasteiger partial charge on any atom is -0.207 e. The van der Waals surface area contributed by atoms with Crippen LogP contribution in [0.25, 0.3) is 0 Å². The van der Waals surface area contributed by atoms with E-state index in [4.69, 9.17) is 0 Å². The molecule has 0 unspecified atom stereocenters. The van der Waals surface area contributed by atoms with Gasteiger partial charge < -0.3 is 0 Å². The fourth-order valence-corrected chi connectivity index (χ4v) is 1.11. The standard InChI is InChI=1S/C11H15F.C4H10/c1-8-7-9(11(2,3)4)5-6-10(8)12;1-3-4-2/h5-7H,1-4H3;3-4H2,1-2H3. The second kappa shape index (κ2) is 6.67. The fourth-order valence-electron chi connectivity index (χ4n) is 1.11. The van der Waals surface area contributed by atoms with Crippen LogP contribution in [0.3, 0.4) is 0 Å². The van der Waals surface area contributed by atoms with Crippen molar-refractivity contribution in [1.82, 2.24) is 0 Å². The summed E-state index contributed by atoms with van der Waals surface area (Å²) in [5, 5.41) is 0. The van der Waals surface area contributed by atoms with Crippen LogP contribution in [0.4, 0.5) is 4.39 Å². The van der Waals surface area contributed by atoms with E-state index >= 15 is 0 Å². The molecule has 0 amide bonds. The fraction of sp³-hybridized carbons (Fsp3) is 0.600. The molecule has 1 aromatic carbocycles. The number of halogens is 1. The molecule has 0 aliphatic heterocycles. The monoisotopic (exact) mass is 224 g/mol. The van der Waals surface area contributed by atoms with Gasteiger partial charge in [0.05, 0.1) is 0 Å². The molecule has 0 saturated carbocycles. The maximum Gasteiger partial charge on any atom is 0.126 e. The first-order valence-corrected chi connectivity index (χ1v) is 6.09. The van der Waals surface area contributed by atoms with Gasteiger partial charge in [-0.15, -0.1) is 0 Å². The van der Waals surface area contributed by atoms with Gasteiger partial charge in [-0.05, 0) is 29.5 Å². The van der Waals surface area contributed by atoms with Crippen LogP contribution in [0, 0.1) is 12.7 Å². The van der Waals surface area contributed by atoms with E-state index in [1.165, 1.54) is 24.5 Å². The summed E-state index contributed by atoms with van der Waals surface area (Å²) in [7, 11) is 0. The molecule has 1 aromatic rings. The third kappa shape index (κ3) is 5.29. The van der Waals surface area contributed by atoms with Crippen molar-refractivity contribution >= 4 is 0 Å².